The largest absolute Gasteiger partial charge is 0.490 e. The summed E-state index contributed by atoms with van der Waals surface area (Å²) >= 11 is 1.59. The predicted molar refractivity (Wildman–Crippen MR) is 101 cm³/mol. The predicted octanol–water partition coefficient (Wildman–Crippen LogP) is 4.86. The number of thiophene rings is 1. The van der Waals surface area contributed by atoms with Crippen molar-refractivity contribution in [2.75, 3.05) is 11.5 Å². The Morgan fingerprint density at radius 1 is 1.22 bits per heavy atom. The second-order valence-corrected chi connectivity index (χ2v) is 7.18. The van der Waals surface area contributed by atoms with Gasteiger partial charge in [-0.3, -0.25) is 0 Å². The van der Waals surface area contributed by atoms with Crippen LogP contribution in [-0.4, -0.2) is 29.2 Å². The first kappa shape index (κ1) is 17.9. The van der Waals surface area contributed by atoms with Crippen LogP contribution in [0.5, 0.6) is 11.5 Å². The van der Waals surface area contributed by atoms with Crippen LogP contribution < -0.4 is 14.4 Å². The molecule has 27 heavy (non-hydrogen) atoms. The summed E-state index contributed by atoms with van der Waals surface area (Å²) in [5, 5.41) is 3.05. The van der Waals surface area contributed by atoms with Gasteiger partial charge in [-0.2, -0.15) is 8.78 Å². The van der Waals surface area contributed by atoms with E-state index in [0.29, 0.717) is 24.9 Å². The molecule has 5 nitrogen and oxygen atoms in total. The van der Waals surface area contributed by atoms with Gasteiger partial charge >= 0.3 is 6.61 Å². The Balaban J connectivity index is 1.64. The van der Waals surface area contributed by atoms with Gasteiger partial charge in [0.05, 0.1) is 12.0 Å². The molecule has 142 valence electrons. The molecule has 0 bridgehead atoms. The fourth-order valence-corrected chi connectivity index (χ4v) is 3.81. The first-order valence-corrected chi connectivity index (χ1v) is 9.69. The number of halogens is 2. The smallest absolute Gasteiger partial charge is 0.387 e. The third kappa shape index (κ3) is 3.95. The van der Waals surface area contributed by atoms with E-state index in [0.717, 1.165) is 34.4 Å². The van der Waals surface area contributed by atoms with Crippen molar-refractivity contribution in [1.29, 1.82) is 0 Å². The molecule has 1 saturated carbocycles. The number of ether oxygens (including phenoxy) is 2. The van der Waals surface area contributed by atoms with E-state index in [1.54, 1.807) is 29.8 Å². The van der Waals surface area contributed by atoms with Crippen molar-refractivity contribution in [2.45, 2.75) is 39.0 Å². The van der Waals surface area contributed by atoms with Crippen LogP contribution >= 0.6 is 11.3 Å². The van der Waals surface area contributed by atoms with Crippen LogP contribution in [0.25, 0.3) is 10.2 Å². The van der Waals surface area contributed by atoms with E-state index in [1.807, 2.05) is 18.4 Å². The Morgan fingerprint density at radius 3 is 2.81 bits per heavy atom. The Morgan fingerprint density at radius 2 is 2.07 bits per heavy atom. The quantitative estimate of drug-likeness (QED) is 0.549. The Kier molecular flexibility index (Phi) is 5.07. The fourth-order valence-electron chi connectivity index (χ4n) is 3.08. The molecule has 1 fully saturated rings. The molecule has 0 unspecified atom stereocenters. The molecule has 2 heterocycles. The lowest BCUT2D eigenvalue weighted by Crippen LogP contribution is -2.26. The van der Waals surface area contributed by atoms with Crippen molar-refractivity contribution in [3.8, 4) is 11.5 Å². The van der Waals surface area contributed by atoms with Crippen molar-refractivity contribution in [1.82, 2.24) is 9.97 Å². The van der Waals surface area contributed by atoms with Crippen LogP contribution in [0.4, 0.5) is 14.6 Å². The SMILES string of the molecule is CCOc1cc(CN(c2ncnc3sccc23)C2CC2)ccc1OC(F)F. The molecule has 0 saturated heterocycles. The summed E-state index contributed by atoms with van der Waals surface area (Å²) in [4.78, 5) is 12.1. The molecule has 3 aromatic rings. The third-order valence-corrected chi connectivity index (χ3v) is 5.20. The Labute approximate surface area is 159 Å². The monoisotopic (exact) mass is 391 g/mol. The van der Waals surface area contributed by atoms with Gasteiger partial charge in [-0.25, -0.2) is 9.97 Å². The minimum Gasteiger partial charge on any atom is -0.490 e. The highest BCUT2D eigenvalue weighted by atomic mass is 32.1. The highest BCUT2D eigenvalue weighted by Gasteiger charge is 2.31. The zero-order valence-electron chi connectivity index (χ0n) is 14.8. The van der Waals surface area contributed by atoms with Gasteiger partial charge in [0, 0.05) is 12.6 Å². The molecule has 1 aromatic carbocycles. The van der Waals surface area contributed by atoms with Crippen LogP contribution in [-0.2, 0) is 6.54 Å². The summed E-state index contributed by atoms with van der Waals surface area (Å²) in [6.07, 6.45) is 3.82. The highest BCUT2D eigenvalue weighted by Crippen LogP contribution is 2.37. The molecule has 4 rings (SSSR count). The van der Waals surface area contributed by atoms with Crippen molar-refractivity contribution >= 4 is 27.4 Å². The molecular weight excluding hydrogens is 372 g/mol. The van der Waals surface area contributed by atoms with Gasteiger partial charge in [0.25, 0.3) is 0 Å². The molecule has 0 atom stereocenters. The standard InChI is InChI=1S/C19H19F2N3O2S/c1-2-25-16-9-12(3-6-15(16)26-19(20)21)10-24(13-4-5-13)17-14-7-8-27-18(14)23-11-22-17/h3,6-9,11,13,19H,2,4-5,10H2,1H3. The first-order valence-electron chi connectivity index (χ1n) is 8.81. The Hall–Kier alpha value is -2.48. The highest BCUT2D eigenvalue weighted by molar-refractivity contribution is 7.16. The van der Waals surface area contributed by atoms with E-state index in [4.69, 9.17) is 4.74 Å². The summed E-state index contributed by atoms with van der Waals surface area (Å²) < 4.78 is 35.3. The van der Waals surface area contributed by atoms with Crippen molar-refractivity contribution in [3.63, 3.8) is 0 Å². The molecule has 0 amide bonds. The van der Waals surface area contributed by atoms with Crippen molar-refractivity contribution < 1.29 is 18.3 Å². The van der Waals surface area contributed by atoms with Crippen molar-refractivity contribution in [3.05, 3.63) is 41.5 Å². The van der Waals surface area contributed by atoms with Gasteiger partial charge in [-0.15, -0.1) is 11.3 Å². The minimum absolute atomic E-state index is 0.0517. The molecule has 8 heteroatoms. The van der Waals surface area contributed by atoms with E-state index in [1.165, 1.54) is 6.07 Å². The number of anilines is 1. The average Bonchev–Trinajstić information content (AvgIpc) is 3.37. The first-order chi connectivity index (χ1) is 13.2. The number of aromatic nitrogens is 2. The topological polar surface area (TPSA) is 47.5 Å². The fraction of sp³-hybridized carbons (Fsp3) is 0.368. The normalized spacial score (nSPS) is 13.9. The molecule has 0 radical (unpaired) electrons. The maximum absolute atomic E-state index is 12.6. The van der Waals surface area contributed by atoms with Gasteiger partial charge in [0.1, 0.15) is 17.0 Å². The second kappa shape index (κ2) is 7.64. The van der Waals surface area contributed by atoms with E-state index in [-0.39, 0.29) is 5.75 Å². The lowest BCUT2D eigenvalue weighted by Gasteiger charge is -2.24. The maximum atomic E-state index is 12.6. The van der Waals surface area contributed by atoms with Gasteiger partial charge in [-0.1, -0.05) is 6.07 Å². The number of rotatable bonds is 8. The summed E-state index contributed by atoms with van der Waals surface area (Å²) in [7, 11) is 0. The molecule has 1 aliphatic rings. The summed E-state index contributed by atoms with van der Waals surface area (Å²) in [5.74, 6) is 1.29. The lowest BCUT2D eigenvalue weighted by molar-refractivity contribution is -0.0514. The van der Waals surface area contributed by atoms with Crippen LogP contribution in [0.2, 0.25) is 0 Å². The third-order valence-electron chi connectivity index (χ3n) is 4.38. The number of nitrogens with zero attached hydrogens (tertiary/aromatic N) is 3. The van der Waals surface area contributed by atoms with Crippen molar-refractivity contribution in [2.24, 2.45) is 0 Å². The van der Waals surface area contributed by atoms with Gasteiger partial charge in [-0.05, 0) is 48.9 Å². The van der Waals surface area contributed by atoms with Crippen LogP contribution in [0.3, 0.4) is 0 Å². The molecular formula is C19H19F2N3O2S. The second-order valence-electron chi connectivity index (χ2n) is 6.29. The summed E-state index contributed by atoms with van der Waals surface area (Å²) in [6.45, 7) is -0.0898. The average molecular weight is 391 g/mol. The van der Waals surface area contributed by atoms with E-state index in [9.17, 15) is 8.78 Å². The maximum Gasteiger partial charge on any atom is 0.387 e. The number of benzene rings is 1. The number of hydrogen-bond acceptors (Lipinski definition) is 6. The molecule has 0 N–H and O–H groups in total. The summed E-state index contributed by atoms with van der Waals surface area (Å²) in [6, 6.07) is 7.56. The number of hydrogen-bond donors (Lipinski definition) is 0. The summed E-state index contributed by atoms with van der Waals surface area (Å²) in [5.41, 5.74) is 0.953. The molecule has 0 aliphatic heterocycles. The lowest BCUT2D eigenvalue weighted by atomic mass is 10.1. The van der Waals surface area contributed by atoms with E-state index in [2.05, 4.69) is 19.6 Å². The molecule has 0 spiro atoms. The molecule has 2 aromatic heterocycles. The van der Waals surface area contributed by atoms with Crippen LogP contribution in [0.1, 0.15) is 25.3 Å². The minimum atomic E-state index is -2.88. The van der Waals surface area contributed by atoms with Gasteiger partial charge in [0.2, 0.25) is 0 Å². The van der Waals surface area contributed by atoms with Gasteiger partial charge in [0.15, 0.2) is 11.5 Å². The van der Waals surface area contributed by atoms with Gasteiger partial charge < -0.3 is 14.4 Å². The van der Waals surface area contributed by atoms with E-state index < -0.39 is 6.61 Å². The van der Waals surface area contributed by atoms with E-state index >= 15 is 0 Å². The number of fused-ring (bicyclic) bond motifs is 1. The molecule has 1 aliphatic carbocycles. The van der Waals surface area contributed by atoms with Crippen LogP contribution in [0.15, 0.2) is 36.0 Å². The zero-order chi connectivity index (χ0) is 18.8. The van der Waals surface area contributed by atoms with Crippen LogP contribution in [0, 0.1) is 0 Å². The zero-order valence-corrected chi connectivity index (χ0v) is 15.6. The number of alkyl halides is 2. The Bertz CT molecular complexity index is 930.